The molecule has 0 amide bonds. The van der Waals surface area contributed by atoms with E-state index in [1.165, 1.54) is 4.57 Å². The van der Waals surface area contributed by atoms with Gasteiger partial charge in [-0.25, -0.2) is 4.98 Å². The third-order valence-corrected chi connectivity index (χ3v) is 8.42. The average Bonchev–Trinajstić information content (AvgIpc) is 3.49. The van der Waals surface area contributed by atoms with E-state index in [2.05, 4.69) is 28.1 Å². The summed E-state index contributed by atoms with van der Waals surface area (Å²) in [6.45, 7) is 2.69. The number of pyridine rings is 2. The molecule has 11 heteroatoms. The fourth-order valence-electron chi connectivity index (χ4n) is 6.23. The number of nitrogens with zero attached hydrogens (tertiary/aromatic N) is 6. The summed E-state index contributed by atoms with van der Waals surface area (Å²) in [5, 5.41) is 19.5. The van der Waals surface area contributed by atoms with Crippen molar-refractivity contribution in [1.29, 1.82) is 10.5 Å². The summed E-state index contributed by atoms with van der Waals surface area (Å²) in [6, 6.07) is 13.9. The number of benzene rings is 1. The van der Waals surface area contributed by atoms with Crippen molar-refractivity contribution in [1.82, 2.24) is 9.55 Å². The van der Waals surface area contributed by atoms with Gasteiger partial charge in [-0.3, -0.25) is 4.79 Å². The van der Waals surface area contributed by atoms with Gasteiger partial charge in [-0.2, -0.15) is 10.5 Å². The zero-order valence-electron chi connectivity index (χ0n) is 23.2. The van der Waals surface area contributed by atoms with Crippen LogP contribution < -0.4 is 24.8 Å². The molecule has 1 unspecified atom stereocenters. The van der Waals surface area contributed by atoms with Crippen LogP contribution in [0, 0.1) is 22.7 Å². The normalized spacial score (nSPS) is 21.7. The second-order valence-corrected chi connectivity index (χ2v) is 10.7. The van der Waals surface area contributed by atoms with Crippen LogP contribution in [0.5, 0.6) is 11.5 Å². The predicted octanol–water partition coefficient (Wildman–Crippen LogP) is 3.07. The third kappa shape index (κ3) is 5.03. The fraction of sp³-hybridized carbons (Fsp3) is 0.467. The van der Waals surface area contributed by atoms with Crippen molar-refractivity contribution in [2.24, 2.45) is 7.05 Å². The molecule has 0 radical (unpaired) electrons. The summed E-state index contributed by atoms with van der Waals surface area (Å²) in [7, 11) is 3.55. The molecule has 1 aliphatic carbocycles. The van der Waals surface area contributed by atoms with Crippen molar-refractivity contribution >= 4 is 22.4 Å². The lowest BCUT2D eigenvalue weighted by molar-refractivity contribution is -0.0846. The summed E-state index contributed by atoms with van der Waals surface area (Å²) in [6.07, 6.45) is 3.48. The van der Waals surface area contributed by atoms with Crippen LogP contribution >= 0.6 is 0 Å². The first-order valence-electron chi connectivity index (χ1n) is 13.9. The number of nitriles is 2. The van der Waals surface area contributed by atoms with E-state index in [1.807, 2.05) is 24.1 Å². The molecule has 0 bridgehead atoms. The minimum Gasteiger partial charge on any atom is -0.454 e. The van der Waals surface area contributed by atoms with Gasteiger partial charge in [0.2, 0.25) is 6.79 Å². The smallest absolute Gasteiger partial charge is 0.270 e. The van der Waals surface area contributed by atoms with Crippen molar-refractivity contribution in [2.45, 2.75) is 43.9 Å². The first-order valence-corrected chi connectivity index (χ1v) is 13.9. The zero-order valence-corrected chi connectivity index (χ0v) is 23.2. The quantitative estimate of drug-likeness (QED) is 0.447. The second-order valence-electron chi connectivity index (χ2n) is 10.7. The first kappa shape index (κ1) is 26.9. The summed E-state index contributed by atoms with van der Waals surface area (Å²) in [5.41, 5.74) is 2.54. The molecule has 2 aromatic heterocycles. The number of aromatic nitrogens is 2. The Bertz CT molecular complexity index is 1590. The maximum absolute atomic E-state index is 13.1. The van der Waals surface area contributed by atoms with E-state index in [1.54, 1.807) is 19.2 Å². The molecular weight excluding hydrogens is 524 g/mol. The second kappa shape index (κ2) is 11.3. The molecule has 3 aliphatic rings. The molecule has 3 aromatic rings. The molecule has 1 aromatic carbocycles. The molecule has 0 N–H and O–H groups in total. The molecule has 0 spiro atoms. The molecular formula is C30H32N6O5. The number of ether oxygens (including phenoxy) is 4. The molecule has 11 nitrogen and oxygen atoms in total. The summed E-state index contributed by atoms with van der Waals surface area (Å²) in [5.74, 6) is 1.49. The summed E-state index contributed by atoms with van der Waals surface area (Å²) >= 11 is 0. The van der Waals surface area contributed by atoms with Gasteiger partial charge in [0.1, 0.15) is 28.9 Å². The van der Waals surface area contributed by atoms with Gasteiger partial charge in [0.25, 0.3) is 5.56 Å². The van der Waals surface area contributed by atoms with E-state index < -0.39 is 0 Å². The van der Waals surface area contributed by atoms with Crippen molar-refractivity contribution in [3.05, 3.63) is 51.9 Å². The van der Waals surface area contributed by atoms with Crippen LogP contribution in [0.2, 0.25) is 0 Å². The van der Waals surface area contributed by atoms with E-state index in [-0.39, 0.29) is 41.8 Å². The van der Waals surface area contributed by atoms with Crippen molar-refractivity contribution in [3.8, 4) is 23.6 Å². The highest BCUT2D eigenvalue weighted by atomic mass is 16.7. The molecule has 4 heterocycles. The lowest BCUT2D eigenvalue weighted by Gasteiger charge is -2.43. The van der Waals surface area contributed by atoms with E-state index in [0.29, 0.717) is 43.1 Å². The van der Waals surface area contributed by atoms with Gasteiger partial charge in [0, 0.05) is 44.5 Å². The van der Waals surface area contributed by atoms with Crippen molar-refractivity contribution in [2.75, 3.05) is 50.0 Å². The minimum atomic E-state index is -0.370. The molecule has 1 saturated heterocycles. The largest absolute Gasteiger partial charge is 0.454 e. The van der Waals surface area contributed by atoms with Gasteiger partial charge in [0.05, 0.1) is 37.1 Å². The molecule has 2 fully saturated rings. The predicted molar refractivity (Wildman–Crippen MR) is 151 cm³/mol. The molecule has 212 valence electrons. The number of hydrogen-bond acceptors (Lipinski definition) is 10. The Kier molecular flexibility index (Phi) is 7.39. The first-order chi connectivity index (χ1) is 20.0. The van der Waals surface area contributed by atoms with Crippen LogP contribution in [-0.2, 0) is 16.5 Å². The molecule has 2 aliphatic heterocycles. The average molecular weight is 557 g/mol. The van der Waals surface area contributed by atoms with Gasteiger partial charge in [-0.15, -0.1) is 0 Å². The monoisotopic (exact) mass is 556 g/mol. The van der Waals surface area contributed by atoms with Gasteiger partial charge < -0.3 is 33.3 Å². The number of fused-ring (bicyclic) bond motifs is 2. The van der Waals surface area contributed by atoms with E-state index >= 15 is 0 Å². The number of anilines is 2. The number of hydrogen-bond donors (Lipinski definition) is 0. The Morgan fingerprint density at radius 3 is 2.54 bits per heavy atom. The van der Waals surface area contributed by atoms with Gasteiger partial charge in [-0.1, -0.05) is 0 Å². The van der Waals surface area contributed by atoms with Crippen molar-refractivity contribution < 1.29 is 18.9 Å². The van der Waals surface area contributed by atoms with Crippen LogP contribution in [0.15, 0.2) is 35.1 Å². The topological polar surface area (TPSA) is 126 Å². The highest BCUT2D eigenvalue weighted by molar-refractivity contribution is 5.92. The molecule has 1 saturated carbocycles. The Morgan fingerprint density at radius 2 is 1.80 bits per heavy atom. The molecule has 1 atom stereocenters. The van der Waals surface area contributed by atoms with Crippen LogP contribution in [-0.4, -0.2) is 67.9 Å². The van der Waals surface area contributed by atoms with Gasteiger partial charge >= 0.3 is 0 Å². The van der Waals surface area contributed by atoms with E-state index in [4.69, 9.17) is 18.9 Å². The fourth-order valence-corrected chi connectivity index (χ4v) is 6.23. The van der Waals surface area contributed by atoms with E-state index in [0.717, 1.165) is 42.9 Å². The molecule has 41 heavy (non-hydrogen) atoms. The summed E-state index contributed by atoms with van der Waals surface area (Å²) < 4.78 is 24.3. The number of aryl methyl sites for hydroxylation is 1. The Morgan fingerprint density at radius 1 is 1.02 bits per heavy atom. The lowest BCUT2D eigenvalue weighted by atomic mass is 9.88. The van der Waals surface area contributed by atoms with Gasteiger partial charge in [-0.05, 0) is 49.9 Å². The van der Waals surface area contributed by atoms with Crippen LogP contribution in [0.25, 0.3) is 11.0 Å². The maximum Gasteiger partial charge on any atom is 0.270 e. The SMILES string of the molecule is Cn1c(=O)c(C#N)c(N(C)[C@H]2CC[C@@H](N(CC3COCCO3)c3ccc4c(c3)OCO4)CC2)c2nc(C#N)ccc21. The maximum atomic E-state index is 13.1. The third-order valence-electron chi connectivity index (χ3n) is 8.42. The van der Waals surface area contributed by atoms with E-state index in [9.17, 15) is 15.3 Å². The van der Waals surface area contributed by atoms with Crippen LogP contribution in [0.1, 0.15) is 36.9 Å². The highest BCUT2D eigenvalue weighted by Crippen LogP contribution is 2.39. The van der Waals surface area contributed by atoms with Crippen LogP contribution in [0.3, 0.4) is 0 Å². The highest BCUT2D eigenvalue weighted by Gasteiger charge is 2.33. The zero-order chi connectivity index (χ0) is 28.5. The lowest BCUT2D eigenvalue weighted by Crippen LogP contribution is -2.48. The van der Waals surface area contributed by atoms with Crippen LogP contribution in [0.4, 0.5) is 11.4 Å². The Hall–Kier alpha value is -4.32. The number of rotatable bonds is 6. The standard InChI is InChI=1S/C30H32N6O5/c1-34(29-24(15-32)30(37)35(2)25-9-3-19(14-31)33-28(25)29)20-4-6-21(7-5-20)36(16-23-17-38-11-12-39-23)22-8-10-26-27(13-22)41-18-40-26/h3,8-10,13,20-21,23H,4-7,11-12,16-18H2,1-2H3/t20-,21+,23?. The Balaban J connectivity index is 1.27. The minimum absolute atomic E-state index is 0.0277. The Labute approximate surface area is 238 Å². The summed E-state index contributed by atoms with van der Waals surface area (Å²) in [4.78, 5) is 22.1. The molecule has 6 rings (SSSR count). The van der Waals surface area contributed by atoms with Gasteiger partial charge in [0.15, 0.2) is 11.5 Å². The van der Waals surface area contributed by atoms with Crippen molar-refractivity contribution in [3.63, 3.8) is 0 Å².